The zero-order valence-corrected chi connectivity index (χ0v) is 19.2. The van der Waals surface area contributed by atoms with Gasteiger partial charge in [0.15, 0.2) is 0 Å². The van der Waals surface area contributed by atoms with Crippen LogP contribution < -0.4 is 11.2 Å². The molecule has 0 fully saturated rings. The van der Waals surface area contributed by atoms with Crippen molar-refractivity contribution in [3.05, 3.63) is 86.5 Å². The summed E-state index contributed by atoms with van der Waals surface area (Å²) in [5, 5.41) is 9.83. The highest BCUT2D eigenvalue weighted by molar-refractivity contribution is 7.18. The maximum Gasteiger partial charge on any atom is 0.331 e. The smallest absolute Gasteiger partial charge is 0.331 e. The van der Waals surface area contributed by atoms with Crippen LogP contribution >= 0.6 is 11.3 Å². The van der Waals surface area contributed by atoms with Gasteiger partial charge in [-0.3, -0.25) is 14.5 Å². The second-order valence-electron chi connectivity index (χ2n) is 8.95. The molecule has 0 unspecified atom stereocenters. The second kappa shape index (κ2) is 8.22. The van der Waals surface area contributed by atoms with Gasteiger partial charge in [-0.25, -0.2) is 4.79 Å². The van der Waals surface area contributed by atoms with E-state index in [9.17, 15) is 4.79 Å². The molecular formula is C25H27N3O3S. The van der Waals surface area contributed by atoms with E-state index < -0.39 is 0 Å². The summed E-state index contributed by atoms with van der Waals surface area (Å²) in [6, 6.07) is 14.0. The minimum Gasteiger partial charge on any atom is -0.467 e. The van der Waals surface area contributed by atoms with Crippen molar-refractivity contribution in [3.63, 3.8) is 0 Å². The lowest BCUT2D eigenvalue weighted by atomic mass is 9.94. The Bertz CT molecular complexity index is 1360. The first-order chi connectivity index (χ1) is 15.4. The highest BCUT2D eigenvalue weighted by Crippen LogP contribution is 2.37. The fourth-order valence-electron chi connectivity index (χ4n) is 4.42. The molecule has 166 valence electrons. The summed E-state index contributed by atoms with van der Waals surface area (Å²) in [6.45, 7) is 5.54. The van der Waals surface area contributed by atoms with Crippen LogP contribution in [0.15, 0.2) is 57.9 Å². The van der Waals surface area contributed by atoms with E-state index in [1.807, 2.05) is 34.9 Å². The molecule has 4 aromatic rings. The fraction of sp³-hybridized carbons (Fsp3) is 0.360. The molecule has 32 heavy (non-hydrogen) atoms. The molecule has 0 amide bonds. The van der Waals surface area contributed by atoms with Crippen molar-refractivity contribution in [2.45, 2.75) is 58.4 Å². The number of nitrogens with one attached hydrogen (secondary N) is 1. The molecule has 0 aliphatic carbocycles. The van der Waals surface area contributed by atoms with Crippen LogP contribution in [0.25, 0.3) is 10.2 Å². The van der Waals surface area contributed by atoms with E-state index in [4.69, 9.17) is 14.6 Å². The van der Waals surface area contributed by atoms with Crippen LogP contribution in [0, 0.1) is 5.41 Å². The predicted octanol–water partition coefficient (Wildman–Crippen LogP) is 4.47. The molecule has 1 aliphatic rings. The number of aromatic nitrogens is 2. The highest BCUT2D eigenvalue weighted by Gasteiger charge is 2.31. The third-order valence-corrected chi connectivity index (χ3v) is 7.29. The number of furan rings is 1. The van der Waals surface area contributed by atoms with Gasteiger partial charge in [-0.05, 0) is 49.9 Å². The number of thiophene rings is 1. The predicted molar refractivity (Wildman–Crippen MR) is 125 cm³/mol. The maximum absolute atomic E-state index is 13.6. The van der Waals surface area contributed by atoms with Crippen LogP contribution in [0.4, 0.5) is 0 Å². The number of rotatable bonds is 6. The van der Waals surface area contributed by atoms with E-state index in [-0.39, 0.29) is 23.3 Å². The van der Waals surface area contributed by atoms with Gasteiger partial charge in [0.1, 0.15) is 16.1 Å². The molecule has 0 saturated heterocycles. The van der Waals surface area contributed by atoms with E-state index in [1.54, 1.807) is 22.2 Å². The van der Waals surface area contributed by atoms with Crippen molar-refractivity contribution < 1.29 is 9.15 Å². The molecule has 3 aromatic heterocycles. The van der Waals surface area contributed by atoms with Gasteiger partial charge >= 0.3 is 5.69 Å². The Balaban J connectivity index is 1.61. The Labute approximate surface area is 190 Å². The number of fused-ring (bicyclic) bond motifs is 3. The van der Waals surface area contributed by atoms with Crippen LogP contribution in [0.1, 0.15) is 42.0 Å². The van der Waals surface area contributed by atoms with Crippen LogP contribution in [0.5, 0.6) is 0 Å². The van der Waals surface area contributed by atoms with Gasteiger partial charge in [-0.2, -0.15) is 0 Å². The topological polar surface area (TPSA) is 73.2 Å². The molecule has 4 heterocycles. The molecule has 0 saturated carbocycles. The summed E-state index contributed by atoms with van der Waals surface area (Å²) in [7, 11) is 0. The normalized spacial score (nSPS) is 15.2. The average Bonchev–Trinajstić information content (AvgIpc) is 3.41. The van der Waals surface area contributed by atoms with E-state index in [0.29, 0.717) is 18.9 Å². The third-order valence-electron chi connectivity index (χ3n) is 6.07. The van der Waals surface area contributed by atoms with Gasteiger partial charge in [0.05, 0.1) is 30.4 Å². The first-order valence-corrected chi connectivity index (χ1v) is 11.8. The largest absolute Gasteiger partial charge is 0.467 e. The quantitative estimate of drug-likeness (QED) is 0.472. The van der Waals surface area contributed by atoms with Crippen LogP contribution in [0.2, 0.25) is 0 Å². The van der Waals surface area contributed by atoms with Crippen LogP contribution in [0.3, 0.4) is 0 Å². The van der Waals surface area contributed by atoms with Crippen molar-refractivity contribution in [2.75, 3.05) is 0 Å². The van der Waals surface area contributed by atoms with Crippen molar-refractivity contribution in [1.29, 1.82) is 5.41 Å². The standard InChI is InChI=1S/C25H27N3O3S/c1-25(2)14-19-20(16-31-25)32-23-21(19)22(26)28(15-18-11-7-13-30-18)24(29)27(23)12-6-10-17-8-4-3-5-9-17/h3-5,7-9,11,13,26H,6,10,12,14-16H2,1-2H3. The summed E-state index contributed by atoms with van der Waals surface area (Å²) in [5.41, 5.74) is 2.23. The SMILES string of the molecule is CC1(C)Cc2c(sc3c2c(=N)n(Cc2ccco2)c(=O)n3CCCc2ccccc2)CO1. The summed E-state index contributed by atoms with van der Waals surface area (Å²) >= 11 is 1.60. The number of benzene rings is 1. The van der Waals surface area contributed by atoms with Crippen molar-refractivity contribution in [3.8, 4) is 0 Å². The molecule has 1 N–H and O–H groups in total. The minimum atomic E-state index is -0.284. The molecule has 6 nitrogen and oxygen atoms in total. The summed E-state index contributed by atoms with van der Waals surface area (Å²) in [5.74, 6) is 0.670. The Hall–Kier alpha value is -2.90. The molecule has 0 bridgehead atoms. The third kappa shape index (κ3) is 3.87. The van der Waals surface area contributed by atoms with E-state index in [0.717, 1.165) is 39.9 Å². The van der Waals surface area contributed by atoms with Gasteiger partial charge in [-0.1, -0.05) is 30.3 Å². The van der Waals surface area contributed by atoms with Crippen molar-refractivity contribution in [1.82, 2.24) is 9.13 Å². The maximum atomic E-state index is 13.6. The molecule has 0 spiro atoms. The van der Waals surface area contributed by atoms with Gasteiger partial charge in [0, 0.05) is 17.8 Å². The molecule has 1 aromatic carbocycles. The molecule has 7 heteroatoms. The molecular weight excluding hydrogens is 422 g/mol. The van der Waals surface area contributed by atoms with Crippen LogP contribution in [-0.4, -0.2) is 14.7 Å². The van der Waals surface area contributed by atoms with E-state index in [2.05, 4.69) is 26.0 Å². The summed E-state index contributed by atoms with van der Waals surface area (Å²) in [6.07, 6.45) is 4.08. The Morgan fingerprint density at radius 1 is 1.12 bits per heavy atom. The zero-order valence-electron chi connectivity index (χ0n) is 18.4. The van der Waals surface area contributed by atoms with E-state index >= 15 is 0 Å². The summed E-state index contributed by atoms with van der Waals surface area (Å²) in [4.78, 5) is 15.6. The van der Waals surface area contributed by atoms with E-state index in [1.165, 1.54) is 5.56 Å². The zero-order chi connectivity index (χ0) is 22.3. The second-order valence-corrected chi connectivity index (χ2v) is 10.0. The molecule has 1 aliphatic heterocycles. The highest BCUT2D eigenvalue weighted by atomic mass is 32.1. The van der Waals surface area contributed by atoms with Crippen LogP contribution in [-0.2, 0) is 37.3 Å². The van der Waals surface area contributed by atoms with Gasteiger partial charge in [0.2, 0.25) is 0 Å². The number of nitrogens with zero attached hydrogens (tertiary/aromatic N) is 2. The first kappa shape index (κ1) is 21.0. The summed E-state index contributed by atoms with van der Waals surface area (Å²) < 4.78 is 14.9. The van der Waals surface area contributed by atoms with Gasteiger partial charge in [-0.15, -0.1) is 11.3 Å². The Morgan fingerprint density at radius 3 is 2.69 bits per heavy atom. The lowest BCUT2D eigenvalue weighted by Crippen LogP contribution is -2.40. The number of hydrogen-bond donors (Lipinski definition) is 1. The number of aryl methyl sites for hydroxylation is 2. The monoisotopic (exact) mass is 449 g/mol. The minimum absolute atomic E-state index is 0.161. The Morgan fingerprint density at radius 2 is 1.94 bits per heavy atom. The van der Waals surface area contributed by atoms with Crippen molar-refractivity contribution in [2.24, 2.45) is 0 Å². The number of ether oxygens (including phenoxy) is 1. The molecule has 0 radical (unpaired) electrons. The van der Waals surface area contributed by atoms with Gasteiger partial charge in [0.25, 0.3) is 0 Å². The first-order valence-electron chi connectivity index (χ1n) is 11.0. The number of hydrogen-bond acceptors (Lipinski definition) is 5. The lowest BCUT2D eigenvalue weighted by molar-refractivity contribution is -0.0379. The molecule has 0 atom stereocenters. The van der Waals surface area contributed by atoms with Crippen molar-refractivity contribution >= 4 is 21.6 Å². The van der Waals surface area contributed by atoms with Gasteiger partial charge < -0.3 is 9.15 Å². The Kier molecular flexibility index (Phi) is 5.39. The fourth-order valence-corrected chi connectivity index (χ4v) is 5.67. The average molecular weight is 450 g/mol. The lowest BCUT2D eigenvalue weighted by Gasteiger charge is -2.30. The molecule has 5 rings (SSSR count).